The Balaban J connectivity index is 2.13. The van der Waals surface area contributed by atoms with E-state index in [-0.39, 0.29) is 11.4 Å². The zero-order valence-electron chi connectivity index (χ0n) is 10.7. The number of hydrogen-bond acceptors (Lipinski definition) is 4. The van der Waals surface area contributed by atoms with Crippen molar-refractivity contribution in [3.8, 4) is 0 Å². The number of imide groups is 1. The van der Waals surface area contributed by atoms with E-state index < -0.39 is 11.8 Å². The topological polar surface area (TPSA) is 72.0 Å². The van der Waals surface area contributed by atoms with Crippen molar-refractivity contribution in [2.75, 3.05) is 0 Å². The van der Waals surface area contributed by atoms with Gasteiger partial charge in [-0.3, -0.25) is 14.9 Å². The lowest BCUT2D eigenvalue weighted by Crippen LogP contribution is -2.31. The second kappa shape index (κ2) is 5.39. The van der Waals surface area contributed by atoms with E-state index in [2.05, 4.69) is 15.3 Å². The molecule has 0 aromatic carbocycles. The highest BCUT2D eigenvalue weighted by Crippen LogP contribution is 2.01. The molecule has 0 aliphatic heterocycles. The van der Waals surface area contributed by atoms with E-state index in [9.17, 15) is 9.59 Å². The third kappa shape index (κ3) is 3.22. The molecule has 0 spiro atoms. The molecule has 2 aromatic rings. The number of pyridine rings is 2. The molecule has 0 aliphatic carbocycles. The molecule has 2 heterocycles. The Morgan fingerprint density at radius 2 is 1.26 bits per heavy atom. The molecule has 0 atom stereocenters. The van der Waals surface area contributed by atoms with Gasteiger partial charge in [0.25, 0.3) is 11.8 Å². The van der Waals surface area contributed by atoms with Crippen molar-refractivity contribution in [3.05, 3.63) is 59.2 Å². The molecule has 96 valence electrons. The van der Waals surface area contributed by atoms with Crippen LogP contribution in [0.4, 0.5) is 0 Å². The van der Waals surface area contributed by atoms with Crippen LogP contribution in [0.15, 0.2) is 36.4 Å². The van der Waals surface area contributed by atoms with Gasteiger partial charge >= 0.3 is 0 Å². The van der Waals surface area contributed by atoms with Gasteiger partial charge in [0.1, 0.15) is 11.4 Å². The summed E-state index contributed by atoms with van der Waals surface area (Å²) in [5.41, 5.74) is 1.85. The molecule has 2 rings (SSSR count). The largest absolute Gasteiger partial charge is 0.285 e. The lowest BCUT2D eigenvalue weighted by atomic mass is 10.2. The molecule has 0 fully saturated rings. The summed E-state index contributed by atoms with van der Waals surface area (Å²) < 4.78 is 0. The van der Waals surface area contributed by atoms with Crippen LogP contribution in [0.3, 0.4) is 0 Å². The van der Waals surface area contributed by atoms with Crippen molar-refractivity contribution in [1.82, 2.24) is 15.3 Å². The number of hydrogen-bond donors (Lipinski definition) is 1. The van der Waals surface area contributed by atoms with E-state index in [1.54, 1.807) is 50.2 Å². The van der Waals surface area contributed by atoms with Crippen LogP contribution in [-0.2, 0) is 0 Å². The maximum atomic E-state index is 11.8. The molecule has 5 heteroatoms. The first kappa shape index (κ1) is 12.9. The van der Waals surface area contributed by atoms with E-state index in [0.29, 0.717) is 11.4 Å². The van der Waals surface area contributed by atoms with Gasteiger partial charge in [0.05, 0.1) is 0 Å². The van der Waals surface area contributed by atoms with Crippen LogP contribution in [-0.4, -0.2) is 21.8 Å². The highest BCUT2D eigenvalue weighted by Gasteiger charge is 2.14. The molecule has 1 N–H and O–H groups in total. The molecule has 2 aromatic heterocycles. The minimum atomic E-state index is -0.531. The summed E-state index contributed by atoms with van der Waals surface area (Å²) in [4.78, 5) is 31.8. The third-order valence-electron chi connectivity index (χ3n) is 2.47. The minimum absolute atomic E-state index is 0.209. The third-order valence-corrected chi connectivity index (χ3v) is 2.47. The van der Waals surface area contributed by atoms with Crippen LogP contribution in [0, 0.1) is 13.8 Å². The standard InChI is InChI=1S/C14H13N3O2/c1-9-5-3-7-11(15-9)13(18)17-14(19)12-8-4-6-10(2)16-12/h3-8H,1-2H3,(H,17,18,19). The predicted molar refractivity (Wildman–Crippen MR) is 69.7 cm³/mol. The highest BCUT2D eigenvalue weighted by molar-refractivity contribution is 6.08. The molecule has 0 aliphatic rings. The van der Waals surface area contributed by atoms with Crippen molar-refractivity contribution in [3.63, 3.8) is 0 Å². The number of carbonyl (C=O) groups excluding carboxylic acids is 2. The fourth-order valence-corrected chi connectivity index (χ4v) is 1.57. The minimum Gasteiger partial charge on any atom is -0.285 e. The summed E-state index contributed by atoms with van der Waals surface area (Å²) in [7, 11) is 0. The Morgan fingerprint density at radius 1 is 0.842 bits per heavy atom. The first-order valence-electron chi connectivity index (χ1n) is 5.79. The number of amides is 2. The highest BCUT2D eigenvalue weighted by atomic mass is 16.2. The van der Waals surface area contributed by atoms with Gasteiger partial charge in [-0.2, -0.15) is 0 Å². The molecule has 0 saturated carbocycles. The number of rotatable bonds is 2. The zero-order chi connectivity index (χ0) is 13.8. The van der Waals surface area contributed by atoms with Crippen molar-refractivity contribution < 1.29 is 9.59 Å². The first-order chi connectivity index (χ1) is 9.06. The normalized spacial score (nSPS) is 10.0. The predicted octanol–water partition coefficient (Wildman–Crippen LogP) is 1.66. The van der Waals surface area contributed by atoms with Crippen LogP contribution >= 0.6 is 0 Å². The average molecular weight is 255 g/mol. The summed E-state index contributed by atoms with van der Waals surface area (Å²) in [6, 6.07) is 10.1. The second-order valence-electron chi connectivity index (χ2n) is 4.11. The van der Waals surface area contributed by atoms with Gasteiger partial charge < -0.3 is 0 Å². The fraction of sp³-hybridized carbons (Fsp3) is 0.143. The van der Waals surface area contributed by atoms with Crippen LogP contribution in [0.2, 0.25) is 0 Å². The zero-order valence-corrected chi connectivity index (χ0v) is 10.7. The molecule has 0 radical (unpaired) electrons. The molecule has 5 nitrogen and oxygen atoms in total. The van der Waals surface area contributed by atoms with Gasteiger partial charge in [-0.15, -0.1) is 0 Å². The summed E-state index contributed by atoms with van der Waals surface area (Å²) in [5, 5.41) is 2.26. The quantitative estimate of drug-likeness (QED) is 0.828. The van der Waals surface area contributed by atoms with Crippen LogP contribution in [0.5, 0.6) is 0 Å². The van der Waals surface area contributed by atoms with E-state index in [1.165, 1.54) is 0 Å². The summed E-state index contributed by atoms with van der Waals surface area (Å²) in [5.74, 6) is -1.06. The number of aryl methyl sites for hydroxylation is 2. The second-order valence-corrected chi connectivity index (χ2v) is 4.11. The van der Waals surface area contributed by atoms with E-state index in [4.69, 9.17) is 0 Å². The van der Waals surface area contributed by atoms with Crippen molar-refractivity contribution >= 4 is 11.8 Å². The molecule has 0 bridgehead atoms. The number of nitrogens with one attached hydrogen (secondary N) is 1. The maximum Gasteiger partial charge on any atom is 0.276 e. The van der Waals surface area contributed by atoms with Gasteiger partial charge in [0.15, 0.2) is 0 Å². The van der Waals surface area contributed by atoms with E-state index in [0.717, 1.165) is 0 Å². The fourth-order valence-electron chi connectivity index (χ4n) is 1.57. The van der Waals surface area contributed by atoms with Gasteiger partial charge in [0.2, 0.25) is 0 Å². The molecular weight excluding hydrogens is 242 g/mol. The summed E-state index contributed by atoms with van der Waals surface area (Å²) in [6.07, 6.45) is 0. The van der Waals surface area contributed by atoms with Crippen LogP contribution in [0.1, 0.15) is 32.4 Å². The van der Waals surface area contributed by atoms with Gasteiger partial charge in [-0.25, -0.2) is 9.97 Å². The average Bonchev–Trinajstić information content (AvgIpc) is 2.38. The summed E-state index contributed by atoms with van der Waals surface area (Å²) in [6.45, 7) is 3.56. The molecule has 0 saturated heterocycles. The number of aromatic nitrogens is 2. The van der Waals surface area contributed by atoms with Crippen LogP contribution in [0.25, 0.3) is 0 Å². The van der Waals surface area contributed by atoms with Gasteiger partial charge in [0, 0.05) is 11.4 Å². The Bertz CT molecular complexity index is 583. The lowest BCUT2D eigenvalue weighted by molar-refractivity contribution is 0.0843. The van der Waals surface area contributed by atoms with E-state index >= 15 is 0 Å². The monoisotopic (exact) mass is 255 g/mol. The van der Waals surface area contributed by atoms with Crippen molar-refractivity contribution in [1.29, 1.82) is 0 Å². The van der Waals surface area contributed by atoms with Gasteiger partial charge in [-0.05, 0) is 38.1 Å². The Kier molecular flexibility index (Phi) is 3.66. The maximum absolute atomic E-state index is 11.8. The molecule has 2 amide bonds. The lowest BCUT2D eigenvalue weighted by Gasteiger charge is -2.04. The van der Waals surface area contributed by atoms with E-state index in [1.807, 2.05) is 0 Å². The Morgan fingerprint density at radius 3 is 1.63 bits per heavy atom. The first-order valence-corrected chi connectivity index (χ1v) is 5.79. The Labute approximate surface area is 110 Å². The molecular formula is C14H13N3O2. The van der Waals surface area contributed by atoms with Crippen molar-refractivity contribution in [2.24, 2.45) is 0 Å². The molecule has 0 unspecified atom stereocenters. The smallest absolute Gasteiger partial charge is 0.276 e. The Hall–Kier alpha value is -2.56. The summed E-state index contributed by atoms with van der Waals surface area (Å²) >= 11 is 0. The van der Waals surface area contributed by atoms with Crippen LogP contribution < -0.4 is 5.32 Å². The molecule has 19 heavy (non-hydrogen) atoms. The number of nitrogens with zero attached hydrogens (tertiary/aromatic N) is 2. The van der Waals surface area contributed by atoms with Gasteiger partial charge in [-0.1, -0.05) is 12.1 Å². The van der Waals surface area contributed by atoms with Crippen molar-refractivity contribution in [2.45, 2.75) is 13.8 Å². The SMILES string of the molecule is Cc1cccc(C(=O)NC(=O)c2cccc(C)n2)n1. The number of carbonyl (C=O) groups is 2.